The molecule has 0 bridgehead atoms. The Labute approximate surface area is 187 Å². The number of thioether (sulfide) groups is 1. The molecule has 2 aliphatic rings. The fourth-order valence-corrected chi connectivity index (χ4v) is 7.30. The second kappa shape index (κ2) is 9.55. The topological polar surface area (TPSA) is 96.9 Å². The van der Waals surface area contributed by atoms with Crippen molar-refractivity contribution in [3.63, 3.8) is 0 Å². The van der Waals surface area contributed by atoms with Gasteiger partial charge in [-0.3, -0.25) is 0 Å². The normalized spacial score (nSPS) is 19.0. The molecule has 8 nitrogen and oxygen atoms in total. The van der Waals surface area contributed by atoms with Crippen LogP contribution < -0.4 is 0 Å². The van der Waals surface area contributed by atoms with Crippen LogP contribution in [0.2, 0.25) is 0 Å². The predicted octanol–water partition coefficient (Wildman–Crippen LogP) is 2.18. The molecule has 2 saturated heterocycles. The fourth-order valence-electron chi connectivity index (χ4n) is 3.57. The zero-order chi connectivity index (χ0) is 21.9. The van der Waals surface area contributed by atoms with Crippen LogP contribution in [0, 0.1) is 0 Å². The molecule has 11 heteroatoms. The summed E-state index contributed by atoms with van der Waals surface area (Å²) in [6.45, 7) is 2.65. The number of aromatic nitrogens is 1. The summed E-state index contributed by atoms with van der Waals surface area (Å²) < 4.78 is 59.1. The predicted molar refractivity (Wildman–Crippen MR) is 118 cm³/mol. The van der Waals surface area contributed by atoms with Crippen molar-refractivity contribution in [2.45, 2.75) is 33.4 Å². The van der Waals surface area contributed by atoms with Crippen LogP contribution in [-0.4, -0.2) is 69.8 Å². The van der Waals surface area contributed by atoms with Crippen LogP contribution in [0.3, 0.4) is 0 Å². The van der Waals surface area contributed by atoms with E-state index in [4.69, 9.17) is 4.74 Å². The van der Waals surface area contributed by atoms with Gasteiger partial charge in [-0.05, 0) is 42.7 Å². The summed E-state index contributed by atoms with van der Waals surface area (Å²) in [6.07, 6.45) is 3.18. The second-order valence-corrected chi connectivity index (χ2v) is 12.3. The van der Waals surface area contributed by atoms with Crippen LogP contribution >= 0.6 is 11.8 Å². The highest BCUT2D eigenvalue weighted by Gasteiger charge is 2.28. The van der Waals surface area contributed by atoms with E-state index in [1.165, 1.54) is 26.6 Å². The lowest BCUT2D eigenvalue weighted by molar-refractivity contribution is 0.0730. The molecule has 2 aliphatic heterocycles. The second-order valence-electron chi connectivity index (χ2n) is 7.40. The van der Waals surface area contributed by atoms with Crippen LogP contribution in [-0.2, 0) is 30.5 Å². The molecule has 0 unspecified atom stereocenters. The third-order valence-electron chi connectivity index (χ3n) is 5.31. The molecule has 3 heterocycles. The Morgan fingerprint density at radius 1 is 0.871 bits per heavy atom. The highest BCUT2D eigenvalue weighted by molar-refractivity contribution is 7.98. The molecule has 1 aromatic heterocycles. The Hall–Kier alpha value is -1.50. The summed E-state index contributed by atoms with van der Waals surface area (Å²) in [5, 5.41) is 0.682. The molecule has 1 aromatic carbocycles. The highest BCUT2D eigenvalue weighted by atomic mass is 32.2. The molecule has 4 rings (SSSR count). The monoisotopic (exact) mass is 483 g/mol. The van der Waals surface area contributed by atoms with Gasteiger partial charge in [0.1, 0.15) is 4.90 Å². The zero-order valence-electron chi connectivity index (χ0n) is 17.0. The van der Waals surface area contributed by atoms with Gasteiger partial charge >= 0.3 is 0 Å². The van der Waals surface area contributed by atoms with Crippen LogP contribution in [0.4, 0.5) is 0 Å². The van der Waals surface area contributed by atoms with E-state index in [0.29, 0.717) is 50.2 Å². The van der Waals surface area contributed by atoms with Crippen molar-refractivity contribution in [1.82, 2.24) is 13.6 Å². The summed E-state index contributed by atoms with van der Waals surface area (Å²) in [6, 6.07) is 10.2. The van der Waals surface area contributed by atoms with Gasteiger partial charge in [0.25, 0.3) is 0 Å². The Morgan fingerprint density at radius 2 is 1.55 bits per heavy atom. The van der Waals surface area contributed by atoms with Gasteiger partial charge in [0, 0.05) is 38.1 Å². The lowest BCUT2D eigenvalue weighted by atomic mass is 10.2. The van der Waals surface area contributed by atoms with Crippen LogP contribution in [0.25, 0.3) is 0 Å². The molecule has 2 aromatic rings. The van der Waals surface area contributed by atoms with Gasteiger partial charge in [-0.25, -0.2) is 21.8 Å². The van der Waals surface area contributed by atoms with Gasteiger partial charge < -0.3 is 4.74 Å². The van der Waals surface area contributed by atoms with Gasteiger partial charge in [0.2, 0.25) is 20.0 Å². The molecule has 0 amide bonds. The van der Waals surface area contributed by atoms with E-state index in [2.05, 4.69) is 4.98 Å². The van der Waals surface area contributed by atoms with E-state index in [0.717, 1.165) is 18.4 Å². The maximum absolute atomic E-state index is 12.8. The first-order valence-corrected chi connectivity index (χ1v) is 14.0. The average Bonchev–Trinajstić information content (AvgIpc) is 3.35. The third kappa shape index (κ3) is 5.12. The fraction of sp³-hybridized carbons (Fsp3) is 0.450. The number of morpholine rings is 1. The lowest BCUT2D eigenvalue weighted by Gasteiger charge is -2.26. The van der Waals surface area contributed by atoms with Crippen molar-refractivity contribution < 1.29 is 21.6 Å². The molecular formula is C20H25N3O5S3. The molecule has 31 heavy (non-hydrogen) atoms. The number of hydrogen-bond donors (Lipinski definition) is 0. The van der Waals surface area contributed by atoms with E-state index in [9.17, 15) is 16.8 Å². The molecule has 0 saturated carbocycles. The van der Waals surface area contributed by atoms with Crippen molar-refractivity contribution in [3.8, 4) is 0 Å². The molecule has 0 spiro atoms. The summed E-state index contributed by atoms with van der Waals surface area (Å²) in [4.78, 5) is 4.77. The number of nitrogens with zero attached hydrogens (tertiary/aromatic N) is 3. The van der Waals surface area contributed by atoms with Crippen molar-refractivity contribution >= 4 is 31.8 Å². The van der Waals surface area contributed by atoms with Gasteiger partial charge in [-0.2, -0.15) is 8.61 Å². The maximum Gasteiger partial charge on any atom is 0.244 e. The average molecular weight is 484 g/mol. The third-order valence-corrected chi connectivity index (χ3v) is 10.1. The number of pyridine rings is 1. The number of benzene rings is 1. The minimum Gasteiger partial charge on any atom is -0.379 e. The van der Waals surface area contributed by atoms with Crippen LogP contribution in [0.15, 0.2) is 57.4 Å². The van der Waals surface area contributed by atoms with Crippen molar-refractivity contribution in [3.05, 3.63) is 48.2 Å². The molecule has 0 aliphatic carbocycles. The minimum atomic E-state index is -3.54. The number of rotatable bonds is 7. The molecule has 0 N–H and O–H groups in total. The SMILES string of the molecule is O=S(=O)(c1ccc(SCc2cccc(S(=O)(=O)N3CCOCC3)c2)nc1)N1CCCC1. The first-order valence-electron chi connectivity index (χ1n) is 10.1. The van der Waals surface area contributed by atoms with Gasteiger partial charge in [-0.15, -0.1) is 11.8 Å². The van der Waals surface area contributed by atoms with E-state index >= 15 is 0 Å². The van der Waals surface area contributed by atoms with Crippen molar-refractivity contribution in [1.29, 1.82) is 0 Å². The maximum atomic E-state index is 12.8. The van der Waals surface area contributed by atoms with Crippen LogP contribution in [0.1, 0.15) is 18.4 Å². The largest absolute Gasteiger partial charge is 0.379 e. The van der Waals surface area contributed by atoms with Gasteiger partial charge in [-0.1, -0.05) is 12.1 Å². The first-order chi connectivity index (χ1) is 14.9. The smallest absolute Gasteiger partial charge is 0.244 e. The summed E-state index contributed by atoms with van der Waals surface area (Å²) in [5.41, 5.74) is 0.856. The molecule has 2 fully saturated rings. The number of hydrogen-bond acceptors (Lipinski definition) is 7. The van der Waals surface area contributed by atoms with E-state index < -0.39 is 20.0 Å². The molecular weight excluding hydrogens is 458 g/mol. The van der Waals surface area contributed by atoms with E-state index in [-0.39, 0.29) is 9.79 Å². The summed E-state index contributed by atoms with van der Waals surface area (Å²) in [5.74, 6) is 0.525. The Kier molecular flexibility index (Phi) is 6.99. The quantitative estimate of drug-likeness (QED) is 0.557. The lowest BCUT2D eigenvalue weighted by Crippen LogP contribution is -2.40. The summed E-state index contributed by atoms with van der Waals surface area (Å²) in [7, 11) is -7.01. The standard InChI is InChI=1S/C20H25N3O5S3/c24-30(25,23-10-12-28-13-11-23)18-5-3-4-17(14-18)16-29-20-7-6-19(15-21-20)31(26,27)22-8-1-2-9-22/h3-7,14-15H,1-2,8-13,16H2. The van der Waals surface area contributed by atoms with Crippen LogP contribution in [0.5, 0.6) is 0 Å². The van der Waals surface area contributed by atoms with E-state index in [1.54, 1.807) is 30.3 Å². The Morgan fingerprint density at radius 3 is 2.23 bits per heavy atom. The molecule has 0 radical (unpaired) electrons. The minimum absolute atomic E-state index is 0.206. The number of sulfonamides is 2. The van der Waals surface area contributed by atoms with Gasteiger partial charge in [0.05, 0.1) is 23.1 Å². The Balaban J connectivity index is 1.42. The molecule has 168 valence electrons. The molecule has 0 atom stereocenters. The van der Waals surface area contributed by atoms with Crippen molar-refractivity contribution in [2.75, 3.05) is 39.4 Å². The zero-order valence-corrected chi connectivity index (χ0v) is 19.5. The summed E-state index contributed by atoms with van der Waals surface area (Å²) >= 11 is 1.43. The number of ether oxygens (including phenoxy) is 1. The van der Waals surface area contributed by atoms with Gasteiger partial charge in [0.15, 0.2) is 0 Å². The first kappa shape index (κ1) is 22.7. The van der Waals surface area contributed by atoms with E-state index in [1.807, 2.05) is 6.07 Å². The van der Waals surface area contributed by atoms with Crippen molar-refractivity contribution in [2.24, 2.45) is 0 Å². The highest BCUT2D eigenvalue weighted by Crippen LogP contribution is 2.26. The Bertz CT molecular complexity index is 1110.